The summed E-state index contributed by atoms with van der Waals surface area (Å²) in [6.07, 6.45) is 6.92. The van der Waals surface area contributed by atoms with Crippen LogP contribution in [0.3, 0.4) is 0 Å². The fourth-order valence-electron chi connectivity index (χ4n) is 5.69. The van der Waals surface area contributed by atoms with Gasteiger partial charge in [-0.3, -0.25) is 4.90 Å². The van der Waals surface area contributed by atoms with E-state index in [2.05, 4.69) is 46.4 Å². The molecule has 0 amide bonds. The average Bonchev–Trinajstić information content (AvgIpc) is 2.93. The van der Waals surface area contributed by atoms with Gasteiger partial charge in [0.15, 0.2) is 5.79 Å². The Morgan fingerprint density at radius 1 is 1.12 bits per heavy atom. The Bertz CT molecular complexity index is 458. The number of rotatable bonds is 5. The molecular formula is C22H41NO3. The summed E-state index contributed by atoms with van der Waals surface area (Å²) in [4.78, 5) is 2.49. The molecule has 0 aromatic heterocycles. The molecule has 0 bridgehead atoms. The minimum Gasteiger partial charge on any atom is -0.373 e. The highest BCUT2D eigenvalue weighted by Gasteiger charge is 2.51. The largest absolute Gasteiger partial charge is 0.373 e. The van der Waals surface area contributed by atoms with Crippen molar-refractivity contribution in [2.45, 2.75) is 97.7 Å². The summed E-state index contributed by atoms with van der Waals surface area (Å²) >= 11 is 0. The third kappa shape index (κ3) is 4.45. The number of hydrogen-bond donors (Lipinski definition) is 0. The van der Waals surface area contributed by atoms with E-state index >= 15 is 0 Å². The van der Waals surface area contributed by atoms with Gasteiger partial charge in [-0.1, -0.05) is 34.1 Å². The summed E-state index contributed by atoms with van der Waals surface area (Å²) < 4.78 is 18.8. The van der Waals surface area contributed by atoms with Crippen molar-refractivity contribution in [2.24, 2.45) is 17.3 Å². The van der Waals surface area contributed by atoms with Gasteiger partial charge in [-0.2, -0.15) is 0 Å². The van der Waals surface area contributed by atoms with Crippen molar-refractivity contribution in [2.75, 3.05) is 26.2 Å². The molecule has 26 heavy (non-hydrogen) atoms. The Kier molecular flexibility index (Phi) is 6.38. The molecule has 1 aliphatic carbocycles. The number of nitrogens with zero attached hydrogens (tertiary/aromatic N) is 1. The summed E-state index contributed by atoms with van der Waals surface area (Å²) in [7, 11) is 0. The lowest BCUT2D eigenvalue weighted by atomic mass is 9.65. The second-order valence-electron chi connectivity index (χ2n) is 9.95. The summed E-state index contributed by atoms with van der Waals surface area (Å²) in [6.45, 7) is 17.6. The predicted molar refractivity (Wildman–Crippen MR) is 105 cm³/mol. The number of morpholine rings is 1. The van der Waals surface area contributed by atoms with Crippen molar-refractivity contribution < 1.29 is 14.2 Å². The van der Waals surface area contributed by atoms with Crippen LogP contribution in [0.5, 0.6) is 0 Å². The van der Waals surface area contributed by atoms with E-state index in [1.807, 2.05) is 0 Å². The second kappa shape index (κ2) is 8.06. The molecule has 152 valence electrons. The van der Waals surface area contributed by atoms with Gasteiger partial charge < -0.3 is 14.2 Å². The van der Waals surface area contributed by atoms with Gasteiger partial charge >= 0.3 is 0 Å². The van der Waals surface area contributed by atoms with Crippen LogP contribution < -0.4 is 0 Å². The molecule has 3 aliphatic rings. The van der Waals surface area contributed by atoms with Gasteiger partial charge in [0.05, 0.1) is 24.9 Å². The number of hydrogen-bond acceptors (Lipinski definition) is 4. The molecule has 4 nitrogen and oxygen atoms in total. The highest BCUT2D eigenvalue weighted by Crippen LogP contribution is 2.50. The highest BCUT2D eigenvalue weighted by molar-refractivity contribution is 4.94. The van der Waals surface area contributed by atoms with Crippen LogP contribution >= 0.6 is 0 Å². The molecule has 1 saturated carbocycles. The molecule has 2 heterocycles. The van der Waals surface area contributed by atoms with Crippen molar-refractivity contribution >= 4 is 0 Å². The van der Waals surface area contributed by atoms with E-state index in [4.69, 9.17) is 14.2 Å². The Morgan fingerprint density at radius 3 is 2.42 bits per heavy atom. The lowest BCUT2D eigenvalue weighted by molar-refractivity contribution is -0.229. The maximum absolute atomic E-state index is 6.59. The van der Waals surface area contributed by atoms with Crippen LogP contribution in [0.4, 0.5) is 0 Å². The van der Waals surface area contributed by atoms with E-state index < -0.39 is 0 Å². The van der Waals surface area contributed by atoms with Gasteiger partial charge in [0, 0.05) is 32.0 Å². The smallest absolute Gasteiger partial charge is 0.171 e. The van der Waals surface area contributed by atoms with E-state index in [-0.39, 0.29) is 11.9 Å². The van der Waals surface area contributed by atoms with Crippen molar-refractivity contribution in [3.8, 4) is 0 Å². The van der Waals surface area contributed by atoms with Gasteiger partial charge in [0.1, 0.15) is 0 Å². The minimum absolute atomic E-state index is 0.204. The van der Waals surface area contributed by atoms with Gasteiger partial charge in [-0.25, -0.2) is 0 Å². The summed E-state index contributed by atoms with van der Waals surface area (Å²) in [5.41, 5.74) is 0.433. The molecule has 0 aromatic rings. The van der Waals surface area contributed by atoms with E-state index in [1.54, 1.807) is 0 Å². The third-order valence-electron chi connectivity index (χ3n) is 7.07. The van der Waals surface area contributed by atoms with Crippen LogP contribution in [0.15, 0.2) is 0 Å². The minimum atomic E-state index is -0.326. The first-order valence-corrected chi connectivity index (χ1v) is 10.9. The quantitative estimate of drug-likeness (QED) is 0.717. The third-order valence-corrected chi connectivity index (χ3v) is 7.07. The van der Waals surface area contributed by atoms with E-state index in [0.29, 0.717) is 23.5 Å². The van der Waals surface area contributed by atoms with Crippen molar-refractivity contribution in [1.82, 2.24) is 4.90 Å². The summed E-state index contributed by atoms with van der Waals surface area (Å²) in [5.74, 6) is 0.938. The van der Waals surface area contributed by atoms with Gasteiger partial charge in [-0.15, -0.1) is 0 Å². The van der Waals surface area contributed by atoms with Gasteiger partial charge in [0.25, 0.3) is 0 Å². The van der Waals surface area contributed by atoms with Crippen LogP contribution in [-0.2, 0) is 14.2 Å². The second-order valence-corrected chi connectivity index (χ2v) is 9.95. The van der Waals surface area contributed by atoms with E-state index in [1.165, 1.54) is 25.7 Å². The van der Waals surface area contributed by atoms with Gasteiger partial charge in [0.2, 0.25) is 0 Å². The molecule has 3 fully saturated rings. The first kappa shape index (κ1) is 20.6. The first-order chi connectivity index (χ1) is 12.2. The monoisotopic (exact) mass is 367 g/mol. The van der Waals surface area contributed by atoms with Crippen molar-refractivity contribution in [3.63, 3.8) is 0 Å². The zero-order chi connectivity index (χ0) is 18.9. The standard InChI is InChI=1S/C22H41NO3/c1-7-9-21(5,6)19-8-10-22(16(2)11-19)24-15-20(26-22)14-23-12-17(3)25-18(4)13-23/h16-20H,7-15H2,1-6H3. The summed E-state index contributed by atoms with van der Waals surface area (Å²) in [5, 5.41) is 0. The maximum atomic E-state index is 6.59. The molecule has 3 rings (SSSR count). The number of ether oxygens (including phenoxy) is 3. The van der Waals surface area contributed by atoms with Crippen molar-refractivity contribution in [3.05, 3.63) is 0 Å². The summed E-state index contributed by atoms with van der Waals surface area (Å²) in [6, 6.07) is 0. The lowest BCUT2D eigenvalue weighted by Gasteiger charge is -2.46. The van der Waals surface area contributed by atoms with Crippen LogP contribution in [0.1, 0.15) is 73.6 Å². The fourth-order valence-corrected chi connectivity index (χ4v) is 5.69. The van der Waals surface area contributed by atoms with Crippen molar-refractivity contribution in [1.29, 1.82) is 0 Å². The predicted octanol–water partition coefficient (Wildman–Crippen LogP) is 4.47. The average molecular weight is 368 g/mol. The van der Waals surface area contributed by atoms with Crippen LogP contribution in [-0.4, -0.2) is 55.2 Å². The maximum Gasteiger partial charge on any atom is 0.171 e. The molecule has 0 aromatic carbocycles. The zero-order valence-corrected chi connectivity index (χ0v) is 17.9. The van der Waals surface area contributed by atoms with Crippen LogP contribution in [0.25, 0.3) is 0 Å². The zero-order valence-electron chi connectivity index (χ0n) is 17.9. The molecular weight excluding hydrogens is 326 g/mol. The molecule has 0 N–H and O–H groups in total. The Morgan fingerprint density at radius 2 is 1.81 bits per heavy atom. The SMILES string of the molecule is CCCC(C)(C)C1CCC2(OCC(CN3CC(C)OC(C)C3)O2)C(C)C1. The fraction of sp³-hybridized carbons (Fsp3) is 1.00. The van der Waals surface area contributed by atoms with Gasteiger partial charge in [-0.05, 0) is 44.4 Å². The molecule has 2 aliphatic heterocycles. The lowest BCUT2D eigenvalue weighted by Crippen LogP contribution is -2.49. The Labute approximate surface area is 160 Å². The van der Waals surface area contributed by atoms with Crippen LogP contribution in [0.2, 0.25) is 0 Å². The van der Waals surface area contributed by atoms with E-state index in [9.17, 15) is 0 Å². The molecule has 1 spiro atoms. The van der Waals surface area contributed by atoms with Crippen LogP contribution in [0, 0.1) is 17.3 Å². The normalized spacial score (nSPS) is 42.5. The Balaban J connectivity index is 1.54. The molecule has 4 heteroatoms. The molecule has 6 unspecified atom stereocenters. The molecule has 6 atom stereocenters. The topological polar surface area (TPSA) is 30.9 Å². The molecule has 2 saturated heterocycles. The highest BCUT2D eigenvalue weighted by atomic mass is 16.7. The van der Waals surface area contributed by atoms with E-state index in [0.717, 1.165) is 38.6 Å². The molecule has 0 radical (unpaired) electrons. The Hall–Kier alpha value is -0.160. The first-order valence-electron chi connectivity index (χ1n) is 10.9.